The normalized spacial score (nSPS) is 17.1. The Hall–Kier alpha value is -1.62. The molecule has 5 heteroatoms. The first-order valence-corrected chi connectivity index (χ1v) is 5.77. The Labute approximate surface area is 99.8 Å². The van der Waals surface area contributed by atoms with Crippen molar-refractivity contribution in [2.75, 3.05) is 37.6 Å². The molecule has 0 unspecified atom stereocenters. The highest BCUT2D eigenvalue weighted by molar-refractivity contribution is 5.74. The van der Waals surface area contributed by atoms with Crippen LogP contribution in [0.4, 0.5) is 10.1 Å². The molecular weight excluding hydrogens is 221 g/mol. The summed E-state index contributed by atoms with van der Waals surface area (Å²) in [6, 6.07) is 6.51. The maximum Gasteiger partial charge on any atom is 0.272 e. The number of piperazine rings is 1. The smallest absolute Gasteiger partial charge is 0.272 e. The van der Waals surface area contributed by atoms with E-state index in [2.05, 4.69) is 4.90 Å². The average molecular weight is 238 g/mol. The van der Waals surface area contributed by atoms with Gasteiger partial charge in [-0.1, -0.05) is 0 Å². The van der Waals surface area contributed by atoms with Crippen LogP contribution in [0.15, 0.2) is 24.3 Å². The Morgan fingerprint density at radius 3 is 2.41 bits per heavy atom. The minimum Gasteiger partial charge on any atom is -0.365 e. The number of carbonyl (C=O) groups is 1. The number of primary amides is 1. The lowest BCUT2D eigenvalue weighted by molar-refractivity contribution is -0.892. The number of halogens is 1. The topological polar surface area (TPSA) is 50.8 Å². The molecule has 1 amide bonds. The van der Waals surface area contributed by atoms with Crippen molar-refractivity contribution in [2.45, 2.75) is 0 Å². The number of anilines is 1. The van der Waals surface area contributed by atoms with Crippen LogP contribution in [-0.4, -0.2) is 38.6 Å². The second kappa shape index (κ2) is 5.14. The van der Waals surface area contributed by atoms with Gasteiger partial charge < -0.3 is 15.5 Å². The molecule has 0 aromatic heterocycles. The summed E-state index contributed by atoms with van der Waals surface area (Å²) < 4.78 is 12.8. The zero-order chi connectivity index (χ0) is 12.3. The minimum atomic E-state index is -0.254. The van der Waals surface area contributed by atoms with Gasteiger partial charge in [0.15, 0.2) is 6.54 Å². The number of benzene rings is 1. The van der Waals surface area contributed by atoms with E-state index in [4.69, 9.17) is 5.73 Å². The molecule has 1 heterocycles. The Kier molecular flexibility index (Phi) is 3.58. The van der Waals surface area contributed by atoms with Crippen LogP contribution in [-0.2, 0) is 4.79 Å². The van der Waals surface area contributed by atoms with E-state index < -0.39 is 0 Å². The first-order chi connectivity index (χ1) is 8.15. The Bertz CT molecular complexity index is 385. The van der Waals surface area contributed by atoms with E-state index in [1.54, 1.807) is 12.1 Å². The SMILES string of the molecule is NC(=O)C[NH+]1CCN(c2ccc(F)cc2)CC1. The van der Waals surface area contributed by atoms with E-state index in [-0.39, 0.29) is 11.7 Å². The van der Waals surface area contributed by atoms with Crippen LogP contribution in [0.1, 0.15) is 0 Å². The van der Waals surface area contributed by atoms with Crippen molar-refractivity contribution >= 4 is 11.6 Å². The van der Waals surface area contributed by atoms with Gasteiger partial charge in [0.05, 0.1) is 26.2 Å². The van der Waals surface area contributed by atoms with E-state index in [1.807, 2.05) is 0 Å². The van der Waals surface area contributed by atoms with E-state index in [0.717, 1.165) is 31.9 Å². The number of nitrogens with two attached hydrogens (primary N) is 1. The van der Waals surface area contributed by atoms with E-state index >= 15 is 0 Å². The summed E-state index contributed by atoms with van der Waals surface area (Å²) in [5, 5.41) is 0. The van der Waals surface area contributed by atoms with Crippen molar-refractivity contribution in [1.29, 1.82) is 0 Å². The van der Waals surface area contributed by atoms with Crippen LogP contribution in [0.3, 0.4) is 0 Å². The molecule has 1 fully saturated rings. The molecule has 1 aliphatic heterocycles. The molecule has 17 heavy (non-hydrogen) atoms. The number of rotatable bonds is 3. The molecule has 1 aliphatic rings. The summed E-state index contributed by atoms with van der Waals surface area (Å²) >= 11 is 0. The van der Waals surface area contributed by atoms with Gasteiger partial charge in [0.1, 0.15) is 5.82 Å². The molecule has 0 spiro atoms. The quantitative estimate of drug-likeness (QED) is 0.711. The molecule has 1 saturated heterocycles. The highest BCUT2D eigenvalue weighted by Gasteiger charge is 2.21. The minimum absolute atomic E-state index is 0.216. The van der Waals surface area contributed by atoms with Crippen molar-refractivity contribution in [3.05, 3.63) is 30.1 Å². The average Bonchev–Trinajstić information content (AvgIpc) is 2.30. The molecular formula is C12H17FN3O+. The summed E-state index contributed by atoms with van der Waals surface area (Å²) in [6.45, 7) is 3.92. The molecule has 2 rings (SSSR count). The third-order valence-corrected chi connectivity index (χ3v) is 3.09. The van der Waals surface area contributed by atoms with E-state index in [9.17, 15) is 9.18 Å². The van der Waals surface area contributed by atoms with E-state index in [0.29, 0.717) is 6.54 Å². The number of nitrogens with one attached hydrogen (secondary N) is 1. The van der Waals surface area contributed by atoms with E-state index in [1.165, 1.54) is 17.0 Å². The second-order valence-electron chi connectivity index (χ2n) is 4.36. The van der Waals surface area contributed by atoms with Crippen LogP contribution in [0.2, 0.25) is 0 Å². The highest BCUT2D eigenvalue weighted by Crippen LogP contribution is 2.14. The van der Waals surface area contributed by atoms with Gasteiger partial charge in [-0.3, -0.25) is 4.79 Å². The van der Waals surface area contributed by atoms with Gasteiger partial charge in [-0.15, -0.1) is 0 Å². The molecule has 92 valence electrons. The molecule has 0 radical (unpaired) electrons. The lowest BCUT2D eigenvalue weighted by atomic mass is 10.2. The third-order valence-electron chi connectivity index (χ3n) is 3.09. The summed E-state index contributed by atoms with van der Waals surface area (Å²) in [7, 11) is 0. The van der Waals surface area contributed by atoms with Gasteiger partial charge in [0.25, 0.3) is 5.91 Å². The lowest BCUT2D eigenvalue weighted by Crippen LogP contribution is -3.15. The number of nitrogens with zero attached hydrogens (tertiary/aromatic N) is 1. The largest absolute Gasteiger partial charge is 0.365 e. The van der Waals surface area contributed by atoms with Gasteiger partial charge in [0, 0.05) is 5.69 Å². The Morgan fingerprint density at radius 1 is 1.29 bits per heavy atom. The first kappa shape index (κ1) is 11.9. The lowest BCUT2D eigenvalue weighted by Gasteiger charge is -2.33. The molecule has 0 bridgehead atoms. The van der Waals surface area contributed by atoms with Crippen LogP contribution in [0.5, 0.6) is 0 Å². The zero-order valence-electron chi connectivity index (χ0n) is 9.66. The maximum atomic E-state index is 12.8. The van der Waals surface area contributed by atoms with Crippen LogP contribution < -0.4 is 15.5 Å². The summed E-state index contributed by atoms with van der Waals surface area (Å²) in [6.07, 6.45) is 0. The van der Waals surface area contributed by atoms with Crippen LogP contribution >= 0.6 is 0 Å². The third kappa shape index (κ3) is 3.17. The van der Waals surface area contributed by atoms with Crippen molar-refractivity contribution in [3.63, 3.8) is 0 Å². The number of hydrogen-bond donors (Lipinski definition) is 2. The fourth-order valence-corrected chi connectivity index (χ4v) is 2.16. The molecule has 4 nitrogen and oxygen atoms in total. The van der Waals surface area contributed by atoms with Crippen molar-refractivity contribution in [1.82, 2.24) is 0 Å². The molecule has 1 aromatic rings. The first-order valence-electron chi connectivity index (χ1n) is 5.77. The summed E-state index contributed by atoms with van der Waals surface area (Å²) in [4.78, 5) is 14.2. The zero-order valence-corrected chi connectivity index (χ0v) is 9.66. The molecule has 3 N–H and O–H groups in total. The van der Waals surface area contributed by atoms with Crippen molar-refractivity contribution < 1.29 is 14.1 Å². The molecule has 0 aliphatic carbocycles. The summed E-state index contributed by atoms with van der Waals surface area (Å²) in [5.74, 6) is -0.470. The second-order valence-corrected chi connectivity index (χ2v) is 4.36. The Balaban J connectivity index is 1.90. The monoisotopic (exact) mass is 238 g/mol. The fourth-order valence-electron chi connectivity index (χ4n) is 2.16. The van der Waals surface area contributed by atoms with Crippen LogP contribution in [0.25, 0.3) is 0 Å². The van der Waals surface area contributed by atoms with Gasteiger partial charge in [0.2, 0.25) is 0 Å². The molecule has 0 atom stereocenters. The summed E-state index contributed by atoms with van der Waals surface area (Å²) in [5.41, 5.74) is 6.20. The highest BCUT2D eigenvalue weighted by atomic mass is 19.1. The predicted octanol–water partition coefficient (Wildman–Crippen LogP) is -0.984. The van der Waals surface area contributed by atoms with Gasteiger partial charge in [-0.05, 0) is 24.3 Å². The van der Waals surface area contributed by atoms with Gasteiger partial charge in [-0.25, -0.2) is 4.39 Å². The molecule has 1 aromatic carbocycles. The number of quaternary nitrogens is 1. The number of hydrogen-bond acceptors (Lipinski definition) is 2. The number of amides is 1. The Morgan fingerprint density at radius 2 is 1.88 bits per heavy atom. The molecule has 0 saturated carbocycles. The fraction of sp³-hybridized carbons (Fsp3) is 0.417. The van der Waals surface area contributed by atoms with Crippen LogP contribution in [0, 0.1) is 5.82 Å². The van der Waals surface area contributed by atoms with Crippen molar-refractivity contribution in [2.24, 2.45) is 5.73 Å². The van der Waals surface area contributed by atoms with Gasteiger partial charge in [-0.2, -0.15) is 0 Å². The predicted molar refractivity (Wildman–Crippen MR) is 63.4 cm³/mol. The van der Waals surface area contributed by atoms with Crippen molar-refractivity contribution in [3.8, 4) is 0 Å². The van der Waals surface area contributed by atoms with Gasteiger partial charge >= 0.3 is 0 Å². The maximum absolute atomic E-state index is 12.8. The number of carbonyl (C=O) groups excluding carboxylic acids is 1. The standard InChI is InChI=1S/C12H16FN3O/c13-10-1-3-11(4-2-10)16-7-5-15(6-8-16)9-12(14)17/h1-4H,5-9H2,(H2,14,17)/p+1.